The number of carboxylic acid groups (broad SMARTS) is 1. The third-order valence-electron chi connectivity index (χ3n) is 3.27. The molecule has 0 bridgehead atoms. The van der Waals surface area contributed by atoms with Crippen molar-refractivity contribution in [2.24, 2.45) is 0 Å². The highest BCUT2D eigenvalue weighted by atomic mass is 35.5. The first-order chi connectivity index (χ1) is 8.58. The van der Waals surface area contributed by atoms with Crippen LogP contribution in [-0.2, 0) is 4.79 Å². The topological polar surface area (TPSA) is 49.3 Å². The maximum atomic E-state index is 13.7. The average Bonchev–Trinajstić information content (AvgIpc) is 2.82. The molecule has 98 valence electrons. The van der Waals surface area contributed by atoms with Crippen LogP contribution in [0.4, 0.5) is 4.39 Å². The van der Waals surface area contributed by atoms with Crippen LogP contribution in [0.1, 0.15) is 37.3 Å². The summed E-state index contributed by atoms with van der Waals surface area (Å²) in [4.78, 5) is 11.3. The van der Waals surface area contributed by atoms with Crippen molar-refractivity contribution < 1.29 is 14.3 Å². The van der Waals surface area contributed by atoms with Crippen LogP contribution in [-0.4, -0.2) is 17.1 Å². The second-order valence-electron chi connectivity index (χ2n) is 4.59. The van der Waals surface area contributed by atoms with E-state index in [-0.39, 0.29) is 11.6 Å². The predicted molar refractivity (Wildman–Crippen MR) is 67.2 cm³/mol. The Labute approximate surface area is 110 Å². The molecular formula is C13H15ClFNO2. The van der Waals surface area contributed by atoms with E-state index in [1.54, 1.807) is 0 Å². The Kier molecular flexibility index (Phi) is 4.19. The van der Waals surface area contributed by atoms with Crippen molar-refractivity contribution in [2.45, 2.75) is 37.8 Å². The van der Waals surface area contributed by atoms with Crippen LogP contribution < -0.4 is 5.32 Å². The first kappa shape index (κ1) is 13.3. The molecule has 0 amide bonds. The van der Waals surface area contributed by atoms with E-state index in [4.69, 9.17) is 11.6 Å². The normalized spacial score (nSPS) is 17.9. The lowest BCUT2D eigenvalue weighted by Crippen LogP contribution is -2.36. The van der Waals surface area contributed by atoms with Crippen LogP contribution in [0.2, 0.25) is 5.02 Å². The van der Waals surface area contributed by atoms with Gasteiger partial charge in [-0.3, -0.25) is 10.1 Å². The van der Waals surface area contributed by atoms with E-state index in [9.17, 15) is 14.3 Å². The van der Waals surface area contributed by atoms with E-state index < -0.39 is 17.8 Å². The molecule has 5 heteroatoms. The smallest absolute Gasteiger partial charge is 0.325 e. The van der Waals surface area contributed by atoms with Gasteiger partial charge in [0.05, 0.1) is 0 Å². The van der Waals surface area contributed by atoms with Gasteiger partial charge in [0.1, 0.15) is 11.9 Å². The minimum Gasteiger partial charge on any atom is -0.480 e. The average molecular weight is 272 g/mol. The van der Waals surface area contributed by atoms with Crippen molar-refractivity contribution >= 4 is 17.6 Å². The van der Waals surface area contributed by atoms with Crippen molar-refractivity contribution in [3.63, 3.8) is 0 Å². The van der Waals surface area contributed by atoms with E-state index in [1.165, 1.54) is 18.2 Å². The van der Waals surface area contributed by atoms with Gasteiger partial charge in [0.2, 0.25) is 0 Å². The molecule has 1 atom stereocenters. The van der Waals surface area contributed by atoms with E-state index >= 15 is 0 Å². The number of halogens is 2. The maximum Gasteiger partial charge on any atom is 0.325 e. The summed E-state index contributed by atoms with van der Waals surface area (Å²) in [7, 11) is 0. The molecule has 0 aromatic heterocycles. The second-order valence-corrected chi connectivity index (χ2v) is 5.02. The van der Waals surface area contributed by atoms with Gasteiger partial charge >= 0.3 is 5.97 Å². The molecule has 1 saturated carbocycles. The molecule has 1 unspecified atom stereocenters. The largest absolute Gasteiger partial charge is 0.480 e. The Hall–Kier alpha value is -1.13. The van der Waals surface area contributed by atoms with Crippen molar-refractivity contribution in [2.75, 3.05) is 0 Å². The molecule has 2 N–H and O–H groups in total. The van der Waals surface area contributed by atoms with Gasteiger partial charge in [0, 0.05) is 16.6 Å². The Morgan fingerprint density at radius 1 is 1.44 bits per heavy atom. The summed E-state index contributed by atoms with van der Waals surface area (Å²) in [5, 5.41) is 12.6. The van der Waals surface area contributed by atoms with Gasteiger partial charge in [0.15, 0.2) is 0 Å². The fourth-order valence-electron chi connectivity index (χ4n) is 2.36. The number of benzene rings is 1. The number of carbonyl (C=O) groups is 1. The summed E-state index contributed by atoms with van der Waals surface area (Å²) in [6.45, 7) is 0. The number of rotatable bonds is 4. The molecule has 2 rings (SSSR count). The van der Waals surface area contributed by atoms with E-state index in [0.717, 1.165) is 25.7 Å². The first-order valence-electron chi connectivity index (χ1n) is 6.01. The molecule has 1 fully saturated rings. The van der Waals surface area contributed by atoms with Gasteiger partial charge in [-0.2, -0.15) is 0 Å². The van der Waals surface area contributed by atoms with Gasteiger partial charge < -0.3 is 5.11 Å². The van der Waals surface area contributed by atoms with E-state index in [0.29, 0.717) is 5.02 Å². The minimum atomic E-state index is -1.08. The lowest BCUT2D eigenvalue weighted by atomic mass is 10.0. The fraction of sp³-hybridized carbons (Fsp3) is 0.462. The molecule has 18 heavy (non-hydrogen) atoms. The summed E-state index contributed by atoms with van der Waals surface area (Å²) < 4.78 is 13.7. The zero-order valence-corrected chi connectivity index (χ0v) is 10.6. The lowest BCUT2D eigenvalue weighted by molar-refractivity contribution is -0.140. The van der Waals surface area contributed by atoms with Crippen molar-refractivity contribution in [3.05, 3.63) is 34.6 Å². The monoisotopic (exact) mass is 271 g/mol. The second kappa shape index (κ2) is 5.67. The van der Waals surface area contributed by atoms with E-state index in [2.05, 4.69) is 5.32 Å². The Morgan fingerprint density at radius 3 is 2.72 bits per heavy atom. The van der Waals surface area contributed by atoms with Gasteiger partial charge in [0.25, 0.3) is 0 Å². The summed E-state index contributed by atoms with van der Waals surface area (Å²) in [6.07, 6.45) is 4.04. The van der Waals surface area contributed by atoms with Crippen LogP contribution >= 0.6 is 11.6 Å². The molecule has 1 aromatic carbocycles. The number of aliphatic carboxylic acids is 1. The highest BCUT2D eigenvalue weighted by Crippen LogP contribution is 2.25. The SMILES string of the molecule is O=C(O)C(NC1CCCC1)c1cc(Cl)ccc1F. The molecule has 1 aromatic rings. The Bertz CT molecular complexity index is 447. The van der Waals surface area contributed by atoms with Crippen molar-refractivity contribution in [1.29, 1.82) is 0 Å². The highest BCUT2D eigenvalue weighted by Gasteiger charge is 2.27. The molecule has 0 spiro atoms. The molecule has 0 heterocycles. The molecule has 1 aliphatic carbocycles. The lowest BCUT2D eigenvalue weighted by Gasteiger charge is -2.20. The highest BCUT2D eigenvalue weighted by molar-refractivity contribution is 6.30. The molecule has 0 radical (unpaired) electrons. The summed E-state index contributed by atoms with van der Waals surface area (Å²) in [6, 6.07) is 3.09. The van der Waals surface area contributed by atoms with Gasteiger partial charge in [-0.05, 0) is 31.0 Å². The number of carboxylic acids is 1. The summed E-state index contributed by atoms with van der Waals surface area (Å²) in [5.41, 5.74) is 0.0990. The Balaban J connectivity index is 2.23. The van der Waals surface area contributed by atoms with Crippen molar-refractivity contribution in [1.82, 2.24) is 5.32 Å². The minimum absolute atomic E-state index is 0.0990. The molecular weight excluding hydrogens is 257 g/mol. The number of nitrogens with one attached hydrogen (secondary N) is 1. The van der Waals surface area contributed by atoms with Crippen LogP contribution in [0.15, 0.2) is 18.2 Å². The van der Waals surface area contributed by atoms with Gasteiger partial charge in [-0.25, -0.2) is 4.39 Å². The summed E-state index contributed by atoms with van der Waals surface area (Å²) >= 11 is 5.79. The zero-order valence-electron chi connectivity index (χ0n) is 9.83. The quantitative estimate of drug-likeness (QED) is 0.884. The number of hydrogen-bond donors (Lipinski definition) is 2. The third-order valence-corrected chi connectivity index (χ3v) is 3.51. The maximum absolute atomic E-state index is 13.7. The Morgan fingerprint density at radius 2 is 2.11 bits per heavy atom. The van der Waals surface area contributed by atoms with Crippen LogP contribution in [0.3, 0.4) is 0 Å². The van der Waals surface area contributed by atoms with Crippen LogP contribution in [0.25, 0.3) is 0 Å². The van der Waals surface area contributed by atoms with Crippen molar-refractivity contribution in [3.8, 4) is 0 Å². The predicted octanol–water partition coefficient (Wildman–Crippen LogP) is 3.14. The van der Waals surface area contributed by atoms with Gasteiger partial charge in [-0.1, -0.05) is 24.4 Å². The summed E-state index contributed by atoms with van der Waals surface area (Å²) in [5.74, 6) is -1.62. The fourth-order valence-corrected chi connectivity index (χ4v) is 2.54. The van der Waals surface area contributed by atoms with Gasteiger partial charge in [-0.15, -0.1) is 0 Å². The zero-order chi connectivity index (χ0) is 13.1. The van der Waals surface area contributed by atoms with E-state index in [1.807, 2.05) is 0 Å². The molecule has 1 aliphatic rings. The van der Waals surface area contributed by atoms with Crippen LogP contribution in [0.5, 0.6) is 0 Å². The third kappa shape index (κ3) is 3.00. The standard InChI is InChI=1S/C13H15ClFNO2/c14-8-5-6-11(15)10(7-8)12(13(17)18)16-9-3-1-2-4-9/h5-7,9,12,16H,1-4H2,(H,17,18). The first-order valence-corrected chi connectivity index (χ1v) is 6.39. The molecule has 3 nitrogen and oxygen atoms in total. The number of hydrogen-bond acceptors (Lipinski definition) is 2. The molecule has 0 saturated heterocycles. The molecule has 0 aliphatic heterocycles. The van der Waals surface area contributed by atoms with Crippen LogP contribution in [0, 0.1) is 5.82 Å².